The zero-order chi connectivity index (χ0) is 24.7. The molecule has 2 aromatic carbocycles. The first-order valence-corrected chi connectivity index (χ1v) is 11.8. The summed E-state index contributed by atoms with van der Waals surface area (Å²) >= 11 is 0. The van der Waals surface area contributed by atoms with Crippen LogP contribution in [0.25, 0.3) is 11.1 Å². The minimum atomic E-state index is -3.94. The summed E-state index contributed by atoms with van der Waals surface area (Å²) in [6.07, 6.45) is 0.337. The average Bonchev–Trinajstić information content (AvgIpc) is 3.46. The molecule has 2 fully saturated rings. The predicted octanol–water partition coefficient (Wildman–Crippen LogP) is 4.01. The lowest BCUT2D eigenvalue weighted by Crippen LogP contribution is -2.59. The number of alkyl carbamates (subject to hydrolysis) is 1. The van der Waals surface area contributed by atoms with Crippen LogP contribution in [0.3, 0.4) is 0 Å². The number of carbonyl (C=O) groups excluding carboxylic acids is 2. The topological polar surface area (TPSA) is 95.9 Å². The molecular formula is C26H26F2N2O5. The molecule has 0 spiro atoms. The van der Waals surface area contributed by atoms with Crippen molar-refractivity contribution < 1.29 is 33.0 Å². The maximum Gasteiger partial charge on any atom is 0.407 e. The molecule has 35 heavy (non-hydrogen) atoms. The van der Waals surface area contributed by atoms with Crippen molar-refractivity contribution in [3.05, 3.63) is 59.7 Å². The zero-order valence-corrected chi connectivity index (χ0v) is 19.0. The highest BCUT2D eigenvalue weighted by Crippen LogP contribution is 2.45. The van der Waals surface area contributed by atoms with Crippen molar-refractivity contribution in [1.29, 1.82) is 0 Å². The molecule has 1 aliphatic heterocycles. The van der Waals surface area contributed by atoms with Gasteiger partial charge in [0.05, 0.1) is 0 Å². The molecule has 1 saturated heterocycles. The second kappa shape index (κ2) is 8.94. The number of aliphatic carboxylic acids is 1. The molecule has 2 atom stereocenters. The van der Waals surface area contributed by atoms with Crippen molar-refractivity contribution in [3.8, 4) is 11.1 Å². The third-order valence-electron chi connectivity index (χ3n) is 7.18. The van der Waals surface area contributed by atoms with Gasteiger partial charge in [0.15, 0.2) is 0 Å². The highest BCUT2D eigenvalue weighted by atomic mass is 19.3. The van der Waals surface area contributed by atoms with Gasteiger partial charge in [-0.05, 0) is 53.9 Å². The van der Waals surface area contributed by atoms with Gasteiger partial charge in [0, 0.05) is 12.5 Å². The Balaban J connectivity index is 1.28. The smallest absolute Gasteiger partial charge is 0.407 e. The Morgan fingerprint density at radius 2 is 1.63 bits per heavy atom. The van der Waals surface area contributed by atoms with Crippen molar-refractivity contribution in [2.45, 2.75) is 49.6 Å². The second-order valence-corrected chi connectivity index (χ2v) is 9.40. The molecule has 0 aromatic heterocycles. The van der Waals surface area contributed by atoms with Gasteiger partial charge in [-0.25, -0.2) is 9.59 Å². The van der Waals surface area contributed by atoms with E-state index in [-0.39, 0.29) is 25.5 Å². The Morgan fingerprint density at radius 3 is 2.20 bits per heavy atom. The number of ether oxygens (including phenoxy) is 1. The lowest BCUT2D eigenvalue weighted by molar-refractivity contribution is -0.167. The number of carboxylic acids is 1. The standard InChI is InChI=1S/C26H26F2N2O5/c27-26(28,24(33)30-13-5-10-21(30)23(31)32)22(15-11-12-15)29-25(34)35-14-20-18-8-3-1-6-16(18)17-7-2-4-9-19(17)20/h1-4,6-9,15,20-22H,5,10-14H2,(H,29,34)(H,31,32)/t21-,22?/m0/s1. The monoisotopic (exact) mass is 484 g/mol. The Bertz CT molecular complexity index is 1120. The van der Waals surface area contributed by atoms with Gasteiger partial charge in [-0.1, -0.05) is 48.5 Å². The Hall–Kier alpha value is -3.49. The second-order valence-electron chi connectivity index (χ2n) is 9.40. The summed E-state index contributed by atoms with van der Waals surface area (Å²) in [6, 6.07) is 12.5. The SMILES string of the molecule is O=C(NC(C1CC1)C(F)(F)C(=O)N1CCC[C@H]1C(=O)O)OCC1c2ccccc2-c2ccccc21. The molecule has 1 unspecified atom stereocenters. The molecule has 7 nitrogen and oxygen atoms in total. The lowest BCUT2D eigenvalue weighted by Gasteiger charge is -2.31. The lowest BCUT2D eigenvalue weighted by atomic mass is 9.98. The van der Waals surface area contributed by atoms with E-state index in [2.05, 4.69) is 5.32 Å². The minimum Gasteiger partial charge on any atom is -0.480 e. The van der Waals surface area contributed by atoms with Gasteiger partial charge < -0.3 is 20.1 Å². The highest BCUT2D eigenvalue weighted by molar-refractivity contribution is 5.90. The molecule has 1 heterocycles. The van der Waals surface area contributed by atoms with Crippen molar-refractivity contribution in [2.24, 2.45) is 5.92 Å². The molecule has 9 heteroatoms. The summed E-state index contributed by atoms with van der Waals surface area (Å²) in [5, 5.41) is 11.5. The number of alkyl halides is 2. The number of nitrogens with one attached hydrogen (secondary N) is 1. The van der Waals surface area contributed by atoms with E-state index in [1.807, 2.05) is 48.5 Å². The normalized spacial score (nSPS) is 20.2. The summed E-state index contributed by atoms with van der Waals surface area (Å²) < 4.78 is 36.0. The van der Waals surface area contributed by atoms with Crippen LogP contribution in [0.5, 0.6) is 0 Å². The van der Waals surface area contributed by atoms with Crippen molar-refractivity contribution in [3.63, 3.8) is 0 Å². The molecular weight excluding hydrogens is 458 g/mol. The third kappa shape index (κ3) is 4.24. The van der Waals surface area contributed by atoms with E-state index in [4.69, 9.17) is 4.74 Å². The Kier molecular flexibility index (Phi) is 5.94. The number of rotatable bonds is 7. The number of likely N-dealkylation sites (tertiary alicyclic amines) is 1. The largest absolute Gasteiger partial charge is 0.480 e. The molecule has 2 N–H and O–H groups in total. The number of hydrogen-bond donors (Lipinski definition) is 2. The van der Waals surface area contributed by atoms with Crippen LogP contribution < -0.4 is 5.32 Å². The van der Waals surface area contributed by atoms with Gasteiger partial charge in [-0.15, -0.1) is 0 Å². The summed E-state index contributed by atoms with van der Waals surface area (Å²) in [7, 11) is 0. The van der Waals surface area contributed by atoms with Gasteiger partial charge >= 0.3 is 18.0 Å². The molecule has 0 bridgehead atoms. The van der Waals surface area contributed by atoms with E-state index in [0.717, 1.165) is 27.2 Å². The van der Waals surface area contributed by atoms with E-state index in [0.29, 0.717) is 19.3 Å². The van der Waals surface area contributed by atoms with Gasteiger partial charge in [-0.3, -0.25) is 4.79 Å². The first-order valence-electron chi connectivity index (χ1n) is 11.8. The van der Waals surface area contributed by atoms with Crippen molar-refractivity contribution in [2.75, 3.05) is 13.2 Å². The first kappa shape index (κ1) is 23.3. The van der Waals surface area contributed by atoms with E-state index in [1.54, 1.807) is 0 Å². The van der Waals surface area contributed by atoms with E-state index < -0.39 is 41.9 Å². The molecule has 2 amide bonds. The fourth-order valence-electron chi connectivity index (χ4n) is 5.29. The number of fused-ring (bicyclic) bond motifs is 3. The Morgan fingerprint density at radius 1 is 1.03 bits per heavy atom. The number of nitrogens with zero attached hydrogens (tertiary/aromatic N) is 1. The van der Waals surface area contributed by atoms with E-state index in [1.165, 1.54) is 0 Å². The predicted molar refractivity (Wildman–Crippen MR) is 122 cm³/mol. The van der Waals surface area contributed by atoms with Crippen LogP contribution in [0.4, 0.5) is 13.6 Å². The highest BCUT2D eigenvalue weighted by Gasteiger charge is 2.57. The first-order chi connectivity index (χ1) is 16.8. The number of amides is 2. The molecule has 0 radical (unpaired) electrons. The van der Waals surface area contributed by atoms with Crippen LogP contribution in [0.2, 0.25) is 0 Å². The quantitative estimate of drug-likeness (QED) is 0.619. The molecule has 184 valence electrons. The van der Waals surface area contributed by atoms with Gasteiger partial charge in [0.2, 0.25) is 0 Å². The van der Waals surface area contributed by atoms with Crippen LogP contribution in [0.1, 0.15) is 42.7 Å². The van der Waals surface area contributed by atoms with Gasteiger partial charge in [-0.2, -0.15) is 8.78 Å². The number of carbonyl (C=O) groups is 3. The van der Waals surface area contributed by atoms with Gasteiger partial charge in [0.25, 0.3) is 5.91 Å². The summed E-state index contributed by atoms with van der Waals surface area (Å²) in [4.78, 5) is 37.5. The molecule has 5 rings (SSSR count). The van der Waals surface area contributed by atoms with Crippen molar-refractivity contribution in [1.82, 2.24) is 10.2 Å². The average molecular weight is 484 g/mol. The fraction of sp³-hybridized carbons (Fsp3) is 0.423. The summed E-state index contributed by atoms with van der Waals surface area (Å²) in [5.74, 6) is -7.60. The number of hydrogen-bond acceptors (Lipinski definition) is 4. The number of carboxylic acid groups (broad SMARTS) is 1. The Labute approximate surface area is 201 Å². The number of halogens is 2. The van der Waals surface area contributed by atoms with Crippen LogP contribution in [-0.4, -0.2) is 59.1 Å². The van der Waals surface area contributed by atoms with Crippen LogP contribution in [0.15, 0.2) is 48.5 Å². The summed E-state index contributed by atoms with van der Waals surface area (Å²) in [6.45, 7) is -0.0856. The molecule has 2 aromatic rings. The maximum atomic E-state index is 15.3. The van der Waals surface area contributed by atoms with Crippen molar-refractivity contribution >= 4 is 18.0 Å². The maximum absolute atomic E-state index is 15.3. The molecule has 3 aliphatic rings. The van der Waals surface area contributed by atoms with E-state index in [9.17, 15) is 19.5 Å². The third-order valence-corrected chi connectivity index (χ3v) is 7.18. The van der Waals surface area contributed by atoms with Crippen LogP contribution in [0, 0.1) is 5.92 Å². The summed E-state index contributed by atoms with van der Waals surface area (Å²) in [5.41, 5.74) is 4.08. The zero-order valence-electron chi connectivity index (χ0n) is 19.0. The van der Waals surface area contributed by atoms with Crippen LogP contribution >= 0.6 is 0 Å². The number of benzene rings is 2. The van der Waals surface area contributed by atoms with E-state index >= 15 is 8.78 Å². The fourth-order valence-corrected chi connectivity index (χ4v) is 5.29. The molecule has 1 saturated carbocycles. The van der Waals surface area contributed by atoms with Gasteiger partial charge in [0.1, 0.15) is 18.7 Å². The minimum absolute atomic E-state index is 0.0377. The molecule has 2 aliphatic carbocycles. The van der Waals surface area contributed by atoms with Crippen LogP contribution in [-0.2, 0) is 14.3 Å².